The van der Waals surface area contributed by atoms with Gasteiger partial charge in [0.25, 0.3) is 0 Å². The van der Waals surface area contributed by atoms with Gasteiger partial charge in [0.2, 0.25) is 5.91 Å². The van der Waals surface area contributed by atoms with Gasteiger partial charge >= 0.3 is 0 Å². The number of carbonyl (C=O) groups is 1. The van der Waals surface area contributed by atoms with Crippen molar-refractivity contribution in [1.82, 2.24) is 15.1 Å². The number of carbonyl (C=O) groups excluding carboxylic acids is 1. The lowest BCUT2D eigenvalue weighted by molar-refractivity contribution is -0.139. The lowest BCUT2D eigenvalue weighted by Crippen LogP contribution is -2.67. The lowest BCUT2D eigenvalue weighted by Gasteiger charge is -2.44. The Hall–Kier alpha value is -0.610. The van der Waals surface area contributed by atoms with E-state index in [1.807, 2.05) is 14.1 Å². The molecular formula is C12H23N3O. The number of amides is 1. The van der Waals surface area contributed by atoms with E-state index in [0.717, 1.165) is 13.1 Å². The Balaban J connectivity index is 2.08. The van der Waals surface area contributed by atoms with Gasteiger partial charge in [-0.15, -0.1) is 0 Å². The van der Waals surface area contributed by atoms with Gasteiger partial charge in [-0.2, -0.15) is 0 Å². The third-order valence-electron chi connectivity index (χ3n) is 3.25. The Labute approximate surface area is 98.0 Å². The zero-order valence-corrected chi connectivity index (χ0v) is 10.8. The van der Waals surface area contributed by atoms with Crippen molar-refractivity contribution in [3.63, 3.8) is 0 Å². The molecule has 0 bridgehead atoms. The van der Waals surface area contributed by atoms with Crippen LogP contribution in [0.2, 0.25) is 0 Å². The van der Waals surface area contributed by atoms with Gasteiger partial charge < -0.3 is 9.80 Å². The van der Waals surface area contributed by atoms with E-state index in [0.29, 0.717) is 6.04 Å². The normalized spacial score (nSPS) is 29.9. The summed E-state index contributed by atoms with van der Waals surface area (Å²) in [5.74, 6) is 0.288. The van der Waals surface area contributed by atoms with E-state index in [4.69, 9.17) is 0 Å². The fourth-order valence-corrected chi connectivity index (χ4v) is 2.47. The van der Waals surface area contributed by atoms with Gasteiger partial charge in [-0.1, -0.05) is 0 Å². The number of likely N-dealkylation sites (N-methyl/N-ethyl adjacent to an activating group) is 1. The smallest absolute Gasteiger partial charge is 0.241 e. The maximum absolute atomic E-state index is 12.3. The summed E-state index contributed by atoms with van der Waals surface area (Å²) in [5, 5.41) is 3.45. The van der Waals surface area contributed by atoms with Crippen molar-refractivity contribution >= 4 is 5.91 Å². The van der Waals surface area contributed by atoms with Gasteiger partial charge in [0.15, 0.2) is 0 Å². The second-order valence-corrected chi connectivity index (χ2v) is 6.04. The van der Waals surface area contributed by atoms with Crippen LogP contribution in [0.4, 0.5) is 0 Å². The van der Waals surface area contributed by atoms with Gasteiger partial charge in [0.1, 0.15) is 6.04 Å². The van der Waals surface area contributed by atoms with E-state index >= 15 is 0 Å². The molecule has 0 aromatic heterocycles. The molecule has 1 saturated carbocycles. The molecule has 1 atom stereocenters. The highest BCUT2D eigenvalue weighted by Crippen LogP contribution is 2.30. The van der Waals surface area contributed by atoms with E-state index in [9.17, 15) is 4.79 Å². The summed E-state index contributed by atoms with van der Waals surface area (Å²) in [6.45, 7) is 5.99. The minimum Gasteiger partial charge on any atom is -0.336 e. The van der Waals surface area contributed by atoms with Crippen LogP contribution in [0.3, 0.4) is 0 Å². The van der Waals surface area contributed by atoms with Crippen molar-refractivity contribution in [2.24, 2.45) is 0 Å². The highest BCUT2D eigenvalue weighted by Gasteiger charge is 2.43. The van der Waals surface area contributed by atoms with Crippen molar-refractivity contribution in [2.45, 2.75) is 44.3 Å². The Morgan fingerprint density at radius 1 is 1.44 bits per heavy atom. The first-order valence-electron chi connectivity index (χ1n) is 6.12. The maximum Gasteiger partial charge on any atom is 0.241 e. The van der Waals surface area contributed by atoms with Crippen LogP contribution in [0.15, 0.2) is 0 Å². The zero-order chi connectivity index (χ0) is 11.9. The van der Waals surface area contributed by atoms with E-state index in [-0.39, 0.29) is 17.5 Å². The van der Waals surface area contributed by atoms with Crippen molar-refractivity contribution in [1.29, 1.82) is 0 Å². The molecule has 0 aromatic rings. The van der Waals surface area contributed by atoms with Gasteiger partial charge in [0.05, 0.1) is 0 Å². The second-order valence-electron chi connectivity index (χ2n) is 6.04. The molecule has 2 aliphatic rings. The fraction of sp³-hybridized carbons (Fsp3) is 0.917. The molecule has 1 heterocycles. The first kappa shape index (κ1) is 11.9. The van der Waals surface area contributed by atoms with Crippen molar-refractivity contribution in [3.8, 4) is 0 Å². The monoisotopic (exact) mass is 225 g/mol. The summed E-state index contributed by atoms with van der Waals surface area (Å²) >= 11 is 0. The molecular weight excluding hydrogens is 202 g/mol. The third kappa shape index (κ3) is 2.55. The molecule has 2 rings (SSSR count). The predicted octanol–water partition coefficient (Wildman–Crippen LogP) is 0.289. The summed E-state index contributed by atoms with van der Waals surface area (Å²) in [4.78, 5) is 16.4. The predicted molar refractivity (Wildman–Crippen MR) is 64.3 cm³/mol. The zero-order valence-electron chi connectivity index (χ0n) is 10.8. The molecule has 1 unspecified atom stereocenters. The van der Waals surface area contributed by atoms with Crippen LogP contribution in [-0.2, 0) is 4.79 Å². The Bertz CT molecular complexity index is 284. The molecule has 0 aromatic carbocycles. The molecule has 1 aliphatic carbocycles. The summed E-state index contributed by atoms with van der Waals surface area (Å²) in [6, 6.07) is 0.484. The molecule has 1 saturated heterocycles. The molecule has 1 N–H and O–H groups in total. The molecule has 0 radical (unpaired) electrons. The van der Waals surface area contributed by atoms with Crippen molar-refractivity contribution in [3.05, 3.63) is 0 Å². The molecule has 4 nitrogen and oxygen atoms in total. The number of rotatable bonds is 3. The van der Waals surface area contributed by atoms with Crippen LogP contribution in [-0.4, -0.2) is 60.5 Å². The number of nitrogens with zero attached hydrogens (tertiary/aromatic N) is 2. The molecule has 0 spiro atoms. The average Bonchev–Trinajstić information content (AvgIpc) is 2.92. The van der Waals surface area contributed by atoms with Crippen LogP contribution >= 0.6 is 0 Å². The summed E-state index contributed by atoms with van der Waals surface area (Å²) in [5.41, 5.74) is 0.0389. The summed E-state index contributed by atoms with van der Waals surface area (Å²) in [6.07, 6.45) is 2.38. The summed E-state index contributed by atoms with van der Waals surface area (Å²) in [7, 11) is 4.02. The molecule has 16 heavy (non-hydrogen) atoms. The van der Waals surface area contributed by atoms with E-state index in [1.165, 1.54) is 12.8 Å². The molecule has 1 amide bonds. The van der Waals surface area contributed by atoms with E-state index in [1.54, 1.807) is 0 Å². The minimum atomic E-state index is -0.0423. The largest absolute Gasteiger partial charge is 0.336 e. The highest BCUT2D eigenvalue weighted by molar-refractivity contribution is 5.84. The number of hydrogen-bond donors (Lipinski definition) is 1. The van der Waals surface area contributed by atoms with Crippen LogP contribution in [0.5, 0.6) is 0 Å². The topological polar surface area (TPSA) is 35.6 Å². The van der Waals surface area contributed by atoms with Crippen LogP contribution in [0, 0.1) is 0 Å². The third-order valence-corrected chi connectivity index (χ3v) is 3.25. The Kier molecular flexibility index (Phi) is 2.97. The average molecular weight is 225 g/mol. The van der Waals surface area contributed by atoms with Crippen LogP contribution in [0.25, 0.3) is 0 Å². The number of hydrogen-bond acceptors (Lipinski definition) is 3. The van der Waals surface area contributed by atoms with Gasteiger partial charge in [-0.05, 0) is 40.8 Å². The Morgan fingerprint density at radius 3 is 2.56 bits per heavy atom. The molecule has 2 fully saturated rings. The molecule has 92 valence electrons. The van der Waals surface area contributed by atoms with Crippen molar-refractivity contribution < 1.29 is 4.79 Å². The van der Waals surface area contributed by atoms with Crippen LogP contribution in [0.1, 0.15) is 26.7 Å². The quantitative estimate of drug-likeness (QED) is 0.750. The van der Waals surface area contributed by atoms with Gasteiger partial charge in [0, 0.05) is 24.7 Å². The first-order chi connectivity index (χ1) is 7.39. The fourth-order valence-electron chi connectivity index (χ4n) is 2.47. The molecule has 4 heteroatoms. The molecule has 1 aliphatic heterocycles. The summed E-state index contributed by atoms with van der Waals surface area (Å²) < 4.78 is 0. The number of nitrogens with one attached hydrogen (secondary N) is 1. The van der Waals surface area contributed by atoms with E-state index in [2.05, 4.69) is 29.0 Å². The second kappa shape index (κ2) is 4.00. The first-order valence-corrected chi connectivity index (χ1v) is 6.12. The van der Waals surface area contributed by atoms with Gasteiger partial charge in [-0.3, -0.25) is 10.1 Å². The standard InChI is InChI=1S/C12H23N3O/c1-12(2)8-15(9-5-6-9)11(16)10(13-12)7-14(3)4/h9-10,13H,5-8H2,1-4H3. The van der Waals surface area contributed by atoms with Crippen molar-refractivity contribution in [2.75, 3.05) is 27.2 Å². The minimum absolute atomic E-state index is 0.0389. The van der Waals surface area contributed by atoms with E-state index < -0.39 is 0 Å². The highest BCUT2D eigenvalue weighted by atomic mass is 16.2. The maximum atomic E-state index is 12.3. The lowest BCUT2D eigenvalue weighted by atomic mass is 9.97. The SMILES string of the molecule is CN(C)CC1NC(C)(C)CN(C2CC2)C1=O. The number of piperazine rings is 1. The van der Waals surface area contributed by atoms with Gasteiger partial charge in [-0.25, -0.2) is 0 Å². The van der Waals surface area contributed by atoms with Crippen LogP contribution < -0.4 is 5.32 Å². The Morgan fingerprint density at radius 2 is 2.06 bits per heavy atom.